The number of urea groups is 1. The number of aliphatic carboxylic acids is 1. The summed E-state index contributed by atoms with van der Waals surface area (Å²) >= 11 is 0. The zero-order valence-corrected chi connectivity index (χ0v) is 11.4. The van der Waals surface area contributed by atoms with Crippen LogP contribution < -0.4 is 15.4 Å². The number of amides is 2. The Bertz CT molecular complexity index is 447. The average Bonchev–Trinajstić information content (AvgIpc) is 2.45. The van der Waals surface area contributed by atoms with Crippen LogP contribution in [0.4, 0.5) is 4.79 Å². The van der Waals surface area contributed by atoms with Gasteiger partial charge < -0.3 is 25.2 Å². The Labute approximate surface area is 116 Å². The lowest BCUT2D eigenvalue weighted by atomic mass is 10.2. The SMILES string of the molecule is COCC(NC(=O)NCc1ccc(OC)cc1)C(=O)O. The Morgan fingerprint density at radius 2 is 1.90 bits per heavy atom. The molecule has 0 heterocycles. The second-order valence-electron chi connectivity index (χ2n) is 4.02. The fourth-order valence-corrected chi connectivity index (χ4v) is 1.48. The summed E-state index contributed by atoms with van der Waals surface area (Å²) in [6.45, 7) is 0.195. The first-order valence-corrected chi connectivity index (χ1v) is 5.96. The van der Waals surface area contributed by atoms with Gasteiger partial charge in [0.25, 0.3) is 0 Å². The molecule has 110 valence electrons. The predicted molar refractivity (Wildman–Crippen MR) is 71.7 cm³/mol. The molecule has 1 aromatic rings. The van der Waals surface area contributed by atoms with Crippen LogP contribution in [0, 0.1) is 0 Å². The quantitative estimate of drug-likeness (QED) is 0.680. The molecule has 0 aromatic heterocycles. The first-order valence-electron chi connectivity index (χ1n) is 5.96. The van der Waals surface area contributed by atoms with Crippen LogP contribution in [0.15, 0.2) is 24.3 Å². The first kappa shape index (κ1) is 15.8. The largest absolute Gasteiger partial charge is 0.497 e. The van der Waals surface area contributed by atoms with Crippen molar-refractivity contribution in [3.63, 3.8) is 0 Å². The van der Waals surface area contributed by atoms with Crippen LogP contribution >= 0.6 is 0 Å². The third-order valence-corrected chi connectivity index (χ3v) is 2.55. The topological polar surface area (TPSA) is 96.9 Å². The molecule has 0 aliphatic heterocycles. The van der Waals surface area contributed by atoms with E-state index in [1.165, 1.54) is 7.11 Å². The minimum Gasteiger partial charge on any atom is -0.497 e. The number of hydrogen-bond acceptors (Lipinski definition) is 4. The van der Waals surface area contributed by atoms with Crippen molar-refractivity contribution in [1.82, 2.24) is 10.6 Å². The molecule has 1 atom stereocenters. The minimum absolute atomic E-state index is 0.0920. The summed E-state index contributed by atoms with van der Waals surface area (Å²) in [6, 6.07) is 5.53. The van der Waals surface area contributed by atoms with Crippen LogP contribution in [0.5, 0.6) is 5.75 Å². The smallest absolute Gasteiger partial charge is 0.328 e. The van der Waals surface area contributed by atoms with Crippen molar-refractivity contribution < 1.29 is 24.2 Å². The molecule has 0 aliphatic carbocycles. The maximum Gasteiger partial charge on any atom is 0.328 e. The van der Waals surface area contributed by atoms with Gasteiger partial charge in [0.1, 0.15) is 5.75 Å². The van der Waals surface area contributed by atoms with Gasteiger partial charge in [-0.25, -0.2) is 9.59 Å². The number of hydrogen-bond donors (Lipinski definition) is 3. The molecule has 20 heavy (non-hydrogen) atoms. The number of carbonyl (C=O) groups excluding carboxylic acids is 1. The third kappa shape index (κ3) is 5.15. The Kier molecular flexibility index (Phi) is 6.31. The molecule has 3 N–H and O–H groups in total. The molecule has 0 radical (unpaired) electrons. The van der Waals surface area contributed by atoms with Gasteiger partial charge in [0.05, 0.1) is 13.7 Å². The van der Waals surface area contributed by atoms with Crippen molar-refractivity contribution >= 4 is 12.0 Å². The van der Waals surface area contributed by atoms with Crippen molar-refractivity contribution in [2.24, 2.45) is 0 Å². The zero-order chi connectivity index (χ0) is 15.0. The number of carbonyl (C=O) groups is 2. The Balaban J connectivity index is 2.43. The second kappa shape index (κ2) is 8.00. The molecular formula is C13H18N2O5. The number of nitrogens with one attached hydrogen (secondary N) is 2. The van der Waals surface area contributed by atoms with Gasteiger partial charge in [0, 0.05) is 13.7 Å². The van der Waals surface area contributed by atoms with Gasteiger partial charge in [-0.1, -0.05) is 12.1 Å². The molecule has 0 saturated heterocycles. The molecular weight excluding hydrogens is 264 g/mol. The van der Waals surface area contributed by atoms with Crippen LogP contribution in [0.1, 0.15) is 5.56 Å². The summed E-state index contributed by atoms with van der Waals surface area (Å²) in [7, 11) is 2.94. The number of rotatable bonds is 7. The molecule has 0 spiro atoms. The van der Waals surface area contributed by atoms with E-state index in [9.17, 15) is 9.59 Å². The minimum atomic E-state index is -1.15. The lowest BCUT2D eigenvalue weighted by Crippen LogP contribution is -2.48. The van der Waals surface area contributed by atoms with Crippen molar-refractivity contribution in [2.75, 3.05) is 20.8 Å². The van der Waals surface area contributed by atoms with Crippen LogP contribution in [0.2, 0.25) is 0 Å². The molecule has 7 heteroatoms. The first-order chi connectivity index (χ1) is 9.56. The van der Waals surface area contributed by atoms with E-state index in [0.717, 1.165) is 11.3 Å². The molecule has 1 unspecified atom stereocenters. The average molecular weight is 282 g/mol. The van der Waals surface area contributed by atoms with Crippen molar-refractivity contribution in [3.8, 4) is 5.75 Å². The zero-order valence-electron chi connectivity index (χ0n) is 11.4. The molecule has 0 aliphatic rings. The molecule has 7 nitrogen and oxygen atoms in total. The standard InChI is InChI=1S/C13H18N2O5/c1-19-8-11(12(16)17)15-13(18)14-7-9-3-5-10(20-2)6-4-9/h3-6,11H,7-8H2,1-2H3,(H,16,17)(H2,14,15,18). The maximum atomic E-state index is 11.6. The number of ether oxygens (including phenoxy) is 2. The summed E-state index contributed by atoms with van der Waals surface area (Å²) < 4.78 is 9.74. The normalized spacial score (nSPS) is 11.5. The highest BCUT2D eigenvalue weighted by molar-refractivity contribution is 5.82. The fourth-order valence-electron chi connectivity index (χ4n) is 1.48. The Morgan fingerprint density at radius 1 is 1.25 bits per heavy atom. The highest BCUT2D eigenvalue weighted by Crippen LogP contribution is 2.10. The summed E-state index contributed by atoms with van der Waals surface area (Å²) in [5.74, 6) is -0.421. The second-order valence-corrected chi connectivity index (χ2v) is 4.02. The van der Waals surface area contributed by atoms with E-state index in [4.69, 9.17) is 14.6 Å². The van der Waals surface area contributed by atoms with Gasteiger partial charge >= 0.3 is 12.0 Å². The van der Waals surface area contributed by atoms with E-state index in [1.54, 1.807) is 19.2 Å². The maximum absolute atomic E-state index is 11.6. The van der Waals surface area contributed by atoms with E-state index in [-0.39, 0.29) is 13.2 Å². The number of carboxylic acid groups (broad SMARTS) is 1. The van der Waals surface area contributed by atoms with Gasteiger partial charge in [-0.2, -0.15) is 0 Å². The monoisotopic (exact) mass is 282 g/mol. The third-order valence-electron chi connectivity index (χ3n) is 2.55. The lowest BCUT2D eigenvalue weighted by Gasteiger charge is -2.14. The van der Waals surface area contributed by atoms with Crippen LogP contribution in [0.25, 0.3) is 0 Å². The van der Waals surface area contributed by atoms with Crippen molar-refractivity contribution in [1.29, 1.82) is 0 Å². The summed E-state index contributed by atoms with van der Waals surface area (Å²) in [5, 5.41) is 13.7. The van der Waals surface area contributed by atoms with Gasteiger partial charge in [-0.3, -0.25) is 0 Å². The van der Waals surface area contributed by atoms with Gasteiger partial charge in [0.2, 0.25) is 0 Å². The molecule has 0 bridgehead atoms. The molecule has 0 saturated carbocycles. The van der Waals surface area contributed by atoms with Crippen molar-refractivity contribution in [2.45, 2.75) is 12.6 Å². The van der Waals surface area contributed by atoms with Crippen LogP contribution in [-0.2, 0) is 16.1 Å². The number of carboxylic acids is 1. The Hall–Kier alpha value is -2.28. The van der Waals surface area contributed by atoms with E-state index < -0.39 is 18.0 Å². The molecule has 1 aromatic carbocycles. The van der Waals surface area contributed by atoms with E-state index in [2.05, 4.69) is 10.6 Å². The van der Waals surface area contributed by atoms with E-state index in [0.29, 0.717) is 0 Å². The highest BCUT2D eigenvalue weighted by Gasteiger charge is 2.19. The number of benzene rings is 1. The van der Waals surface area contributed by atoms with Gasteiger partial charge in [-0.05, 0) is 17.7 Å². The molecule has 0 fully saturated rings. The van der Waals surface area contributed by atoms with Crippen LogP contribution in [0.3, 0.4) is 0 Å². The summed E-state index contributed by atoms with van der Waals surface area (Å²) in [6.07, 6.45) is 0. The van der Waals surface area contributed by atoms with Crippen LogP contribution in [-0.4, -0.2) is 44.0 Å². The number of methoxy groups -OCH3 is 2. The summed E-state index contributed by atoms with van der Waals surface area (Å²) in [4.78, 5) is 22.4. The Morgan fingerprint density at radius 3 is 2.40 bits per heavy atom. The molecule has 1 rings (SSSR count). The van der Waals surface area contributed by atoms with Crippen molar-refractivity contribution in [3.05, 3.63) is 29.8 Å². The van der Waals surface area contributed by atoms with Gasteiger partial charge in [-0.15, -0.1) is 0 Å². The molecule has 2 amide bonds. The van der Waals surface area contributed by atoms with E-state index in [1.807, 2.05) is 12.1 Å². The van der Waals surface area contributed by atoms with E-state index >= 15 is 0 Å². The van der Waals surface area contributed by atoms with Gasteiger partial charge in [0.15, 0.2) is 6.04 Å². The summed E-state index contributed by atoms with van der Waals surface area (Å²) in [5.41, 5.74) is 0.875. The fraction of sp³-hybridized carbons (Fsp3) is 0.385. The highest BCUT2D eigenvalue weighted by atomic mass is 16.5. The predicted octanol–water partition coefficient (Wildman–Crippen LogP) is 0.594. The lowest BCUT2D eigenvalue weighted by molar-refractivity contribution is -0.140.